The van der Waals surface area contributed by atoms with Crippen molar-refractivity contribution >= 4 is 0 Å². The summed E-state index contributed by atoms with van der Waals surface area (Å²) in [6, 6.07) is 0.512. The Hall–Kier alpha value is -0.0400. The predicted octanol–water partition coefficient (Wildman–Crippen LogP) is 3.58. The van der Waals surface area contributed by atoms with E-state index in [1.54, 1.807) is 0 Å². The first-order valence-corrected chi connectivity index (χ1v) is 6.74. The van der Waals surface area contributed by atoms with E-state index in [1.807, 2.05) is 0 Å². The van der Waals surface area contributed by atoms with Gasteiger partial charge in [-0.2, -0.15) is 0 Å². The van der Waals surface area contributed by atoms with Crippen LogP contribution in [0.5, 0.6) is 0 Å². The Bertz CT molecular complexity index is 212. The summed E-state index contributed by atoms with van der Waals surface area (Å²) in [6.45, 7) is 7.20. The topological polar surface area (TPSA) is 26.0 Å². The number of hydrogen-bond acceptors (Lipinski definition) is 1. The van der Waals surface area contributed by atoms with E-state index in [-0.39, 0.29) is 0 Å². The predicted molar refractivity (Wildman–Crippen MR) is 65.6 cm³/mol. The van der Waals surface area contributed by atoms with E-state index in [0.29, 0.717) is 11.5 Å². The van der Waals surface area contributed by atoms with Crippen molar-refractivity contribution in [3.63, 3.8) is 0 Å². The minimum atomic E-state index is 0.491. The van der Waals surface area contributed by atoms with Crippen molar-refractivity contribution in [3.8, 4) is 0 Å². The Labute approximate surface area is 94.8 Å². The SMILES string of the molecule is CC(C)(C)C1CCCC1CC(N)C1CC1. The zero-order valence-electron chi connectivity index (χ0n) is 10.6. The summed E-state index contributed by atoms with van der Waals surface area (Å²) in [5.74, 6) is 2.72. The van der Waals surface area contributed by atoms with Crippen LogP contribution >= 0.6 is 0 Å². The molecule has 0 heterocycles. The van der Waals surface area contributed by atoms with E-state index in [0.717, 1.165) is 17.8 Å². The zero-order chi connectivity index (χ0) is 11.1. The minimum absolute atomic E-state index is 0.491. The molecule has 3 atom stereocenters. The molecule has 2 aliphatic rings. The van der Waals surface area contributed by atoms with E-state index in [9.17, 15) is 0 Å². The van der Waals surface area contributed by atoms with E-state index in [1.165, 1.54) is 38.5 Å². The Balaban J connectivity index is 1.89. The second kappa shape index (κ2) is 4.08. The third-order valence-corrected chi connectivity index (χ3v) is 4.57. The van der Waals surface area contributed by atoms with Crippen LogP contribution in [-0.2, 0) is 0 Å². The molecule has 2 fully saturated rings. The molecule has 2 saturated carbocycles. The Morgan fingerprint density at radius 1 is 1.13 bits per heavy atom. The maximum Gasteiger partial charge on any atom is 0.00699 e. The molecule has 0 bridgehead atoms. The summed E-state index contributed by atoms with van der Waals surface area (Å²) in [7, 11) is 0. The van der Waals surface area contributed by atoms with Gasteiger partial charge in [0.1, 0.15) is 0 Å². The number of nitrogens with two attached hydrogens (primary N) is 1. The van der Waals surface area contributed by atoms with Crippen LogP contribution in [-0.4, -0.2) is 6.04 Å². The summed E-state index contributed by atoms with van der Waals surface area (Å²) in [4.78, 5) is 0. The molecule has 0 aliphatic heterocycles. The van der Waals surface area contributed by atoms with Crippen LogP contribution < -0.4 is 5.73 Å². The normalized spacial score (nSPS) is 34.4. The lowest BCUT2D eigenvalue weighted by molar-refractivity contribution is 0.170. The first kappa shape index (κ1) is 11.4. The van der Waals surface area contributed by atoms with Crippen molar-refractivity contribution in [1.82, 2.24) is 0 Å². The first-order chi connectivity index (χ1) is 6.98. The molecule has 2 aliphatic carbocycles. The lowest BCUT2D eigenvalue weighted by Gasteiger charge is -2.33. The summed E-state index contributed by atoms with van der Waals surface area (Å²) in [5.41, 5.74) is 6.75. The van der Waals surface area contributed by atoms with Gasteiger partial charge in [0.15, 0.2) is 0 Å². The molecular weight excluding hydrogens is 182 g/mol. The third kappa shape index (κ3) is 2.75. The molecular formula is C14H27N. The van der Waals surface area contributed by atoms with Gasteiger partial charge >= 0.3 is 0 Å². The van der Waals surface area contributed by atoms with Crippen molar-refractivity contribution in [2.24, 2.45) is 28.9 Å². The van der Waals surface area contributed by atoms with Gasteiger partial charge < -0.3 is 5.73 Å². The van der Waals surface area contributed by atoms with Crippen molar-refractivity contribution < 1.29 is 0 Å². The molecule has 0 aromatic carbocycles. The van der Waals surface area contributed by atoms with Gasteiger partial charge in [-0.05, 0) is 48.9 Å². The molecule has 3 unspecified atom stereocenters. The fraction of sp³-hybridized carbons (Fsp3) is 1.00. The first-order valence-electron chi connectivity index (χ1n) is 6.74. The molecule has 1 heteroatoms. The molecule has 0 radical (unpaired) electrons. The van der Waals surface area contributed by atoms with Gasteiger partial charge in [-0.3, -0.25) is 0 Å². The fourth-order valence-electron chi connectivity index (χ4n) is 3.53. The van der Waals surface area contributed by atoms with E-state index >= 15 is 0 Å². The molecule has 88 valence electrons. The van der Waals surface area contributed by atoms with Gasteiger partial charge in [-0.25, -0.2) is 0 Å². The molecule has 0 aromatic heterocycles. The molecule has 0 amide bonds. The van der Waals surface area contributed by atoms with Gasteiger partial charge in [-0.1, -0.05) is 33.6 Å². The summed E-state index contributed by atoms with van der Waals surface area (Å²) in [6.07, 6.45) is 8.40. The molecule has 0 aromatic rings. The van der Waals surface area contributed by atoms with Gasteiger partial charge in [0.25, 0.3) is 0 Å². The molecule has 15 heavy (non-hydrogen) atoms. The Kier molecular flexibility index (Phi) is 3.12. The van der Waals surface area contributed by atoms with Crippen LogP contribution in [0.1, 0.15) is 59.3 Å². The average molecular weight is 209 g/mol. The Morgan fingerprint density at radius 3 is 2.33 bits per heavy atom. The van der Waals surface area contributed by atoms with Gasteiger partial charge in [-0.15, -0.1) is 0 Å². The highest BCUT2D eigenvalue weighted by Gasteiger charge is 2.38. The highest BCUT2D eigenvalue weighted by atomic mass is 14.7. The van der Waals surface area contributed by atoms with Gasteiger partial charge in [0.2, 0.25) is 0 Å². The third-order valence-electron chi connectivity index (χ3n) is 4.57. The molecule has 1 nitrogen and oxygen atoms in total. The molecule has 2 N–H and O–H groups in total. The summed E-state index contributed by atoms with van der Waals surface area (Å²) >= 11 is 0. The maximum atomic E-state index is 6.26. The average Bonchev–Trinajstić information content (AvgIpc) is 2.85. The van der Waals surface area contributed by atoms with Crippen LogP contribution in [0, 0.1) is 23.2 Å². The van der Waals surface area contributed by atoms with Crippen molar-refractivity contribution in [2.75, 3.05) is 0 Å². The summed E-state index contributed by atoms with van der Waals surface area (Å²) in [5, 5.41) is 0. The van der Waals surface area contributed by atoms with Crippen LogP contribution in [0.4, 0.5) is 0 Å². The molecule has 0 spiro atoms. The van der Waals surface area contributed by atoms with Crippen LogP contribution in [0.25, 0.3) is 0 Å². The largest absolute Gasteiger partial charge is 0.327 e. The van der Waals surface area contributed by atoms with Crippen molar-refractivity contribution in [1.29, 1.82) is 0 Å². The maximum absolute atomic E-state index is 6.26. The van der Waals surface area contributed by atoms with E-state index in [4.69, 9.17) is 5.73 Å². The highest BCUT2D eigenvalue weighted by Crippen LogP contribution is 2.46. The lowest BCUT2D eigenvalue weighted by atomic mass is 9.73. The van der Waals surface area contributed by atoms with Crippen molar-refractivity contribution in [2.45, 2.75) is 65.3 Å². The smallest absolute Gasteiger partial charge is 0.00699 e. The number of rotatable bonds is 3. The van der Waals surface area contributed by atoms with Gasteiger partial charge in [0, 0.05) is 6.04 Å². The van der Waals surface area contributed by atoms with Crippen LogP contribution in [0.15, 0.2) is 0 Å². The minimum Gasteiger partial charge on any atom is -0.327 e. The Morgan fingerprint density at radius 2 is 1.80 bits per heavy atom. The quantitative estimate of drug-likeness (QED) is 0.755. The van der Waals surface area contributed by atoms with Gasteiger partial charge in [0.05, 0.1) is 0 Å². The second-order valence-electron chi connectivity index (χ2n) is 6.90. The van der Waals surface area contributed by atoms with E-state index in [2.05, 4.69) is 20.8 Å². The molecule has 2 rings (SSSR count). The van der Waals surface area contributed by atoms with Crippen LogP contribution in [0.2, 0.25) is 0 Å². The number of hydrogen-bond donors (Lipinski definition) is 1. The molecule has 0 saturated heterocycles. The monoisotopic (exact) mass is 209 g/mol. The second-order valence-corrected chi connectivity index (χ2v) is 6.90. The summed E-state index contributed by atoms with van der Waals surface area (Å²) < 4.78 is 0. The zero-order valence-corrected chi connectivity index (χ0v) is 10.6. The lowest BCUT2D eigenvalue weighted by Crippen LogP contribution is -2.31. The highest BCUT2D eigenvalue weighted by molar-refractivity contribution is 4.91. The van der Waals surface area contributed by atoms with Crippen LogP contribution in [0.3, 0.4) is 0 Å². The van der Waals surface area contributed by atoms with Crippen molar-refractivity contribution in [3.05, 3.63) is 0 Å². The standard InChI is InChI=1S/C14H27N/c1-14(2,3)12-6-4-5-11(12)9-13(15)10-7-8-10/h10-13H,4-9,15H2,1-3H3. The fourth-order valence-corrected chi connectivity index (χ4v) is 3.53. The van der Waals surface area contributed by atoms with E-state index < -0.39 is 0 Å².